The van der Waals surface area contributed by atoms with E-state index in [1.165, 1.54) is 18.6 Å². The third-order valence-corrected chi connectivity index (χ3v) is 4.11. The SMILES string of the molecule is CCNCCC1(Oc2ccc(F)cc2Br)CCC1. The van der Waals surface area contributed by atoms with Crippen LogP contribution >= 0.6 is 15.9 Å². The van der Waals surface area contributed by atoms with E-state index in [9.17, 15) is 4.39 Å². The molecule has 100 valence electrons. The van der Waals surface area contributed by atoms with Gasteiger partial charge in [0.05, 0.1) is 4.47 Å². The fourth-order valence-electron chi connectivity index (χ4n) is 2.26. The standard InChI is InChI=1S/C14H19BrFNO/c1-2-17-9-8-14(6-3-7-14)18-13-5-4-11(16)10-12(13)15/h4-5,10,17H,2-3,6-9H2,1H3. The zero-order valence-corrected chi connectivity index (χ0v) is 12.2. The van der Waals surface area contributed by atoms with Crippen molar-refractivity contribution in [2.24, 2.45) is 0 Å². The fourth-order valence-corrected chi connectivity index (χ4v) is 2.69. The highest BCUT2D eigenvalue weighted by Crippen LogP contribution is 2.41. The Kier molecular flexibility index (Phi) is 4.62. The second-order valence-electron chi connectivity index (χ2n) is 4.82. The van der Waals surface area contributed by atoms with E-state index in [1.807, 2.05) is 0 Å². The molecule has 0 unspecified atom stereocenters. The van der Waals surface area contributed by atoms with E-state index >= 15 is 0 Å². The lowest BCUT2D eigenvalue weighted by atomic mass is 9.77. The van der Waals surface area contributed by atoms with Crippen molar-refractivity contribution in [3.05, 3.63) is 28.5 Å². The van der Waals surface area contributed by atoms with Crippen LogP contribution in [0.3, 0.4) is 0 Å². The minimum absolute atomic E-state index is 0.0531. The van der Waals surface area contributed by atoms with Crippen LogP contribution in [0.15, 0.2) is 22.7 Å². The van der Waals surface area contributed by atoms with E-state index in [1.54, 1.807) is 6.07 Å². The van der Waals surface area contributed by atoms with Gasteiger partial charge < -0.3 is 10.1 Å². The zero-order valence-electron chi connectivity index (χ0n) is 10.6. The third-order valence-electron chi connectivity index (χ3n) is 3.49. The maximum absolute atomic E-state index is 13.0. The molecule has 1 N–H and O–H groups in total. The van der Waals surface area contributed by atoms with E-state index in [0.29, 0.717) is 4.47 Å². The highest BCUT2D eigenvalue weighted by atomic mass is 79.9. The number of halogens is 2. The minimum atomic E-state index is -0.246. The lowest BCUT2D eigenvalue weighted by molar-refractivity contribution is -0.0148. The second kappa shape index (κ2) is 6.02. The van der Waals surface area contributed by atoms with Gasteiger partial charge in [0.2, 0.25) is 0 Å². The molecule has 1 aliphatic rings. The summed E-state index contributed by atoms with van der Waals surface area (Å²) in [6.07, 6.45) is 4.39. The molecule has 0 amide bonds. The van der Waals surface area contributed by atoms with E-state index in [4.69, 9.17) is 4.74 Å². The molecule has 18 heavy (non-hydrogen) atoms. The lowest BCUT2D eigenvalue weighted by Crippen LogP contribution is -2.45. The van der Waals surface area contributed by atoms with Crippen molar-refractivity contribution >= 4 is 15.9 Å². The smallest absolute Gasteiger partial charge is 0.134 e. The lowest BCUT2D eigenvalue weighted by Gasteiger charge is -2.42. The molecule has 1 saturated carbocycles. The van der Waals surface area contributed by atoms with Gasteiger partial charge >= 0.3 is 0 Å². The van der Waals surface area contributed by atoms with Crippen molar-refractivity contribution in [1.82, 2.24) is 5.32 Å². The van der Waals surface area contributed by atoms with Crippen LogP contribution < -0.4 is 10.1 Å². The first kappa shape index (κ1) is 13.8. The van der Waals surface area contributed by atoms with E-state index < -0.39 is 0 Å². The van der Waals surface area contributed by atoms with Crippen molar-refractivity contribution in [2.45, 2.75) is 38.2 Å². The average Bonchev–Trinajstić information content (AvgIpc) is 2.29. The quantitative estimate of drug-likeness (QED) is 0.804. The van der Waals surface area contributed by atoms with Crippen LogP contribution in [-0.4, -0.2) is 18.7 Å². The molecule has 0 aliphatic heterocycles. The van der Waals surface area contributed by atoms with E-state index in [0.717, 1.165) is 38.1 Å². The van der Waals surface area contributed by atoms with Gasteiger partial charge in [-0.1, -0.05) is 6.92 Å². The summed E-state index contributed by atoms with van der Waals surface area (Å²) in [5.41, 5.74) is -0.0531. The highest BCUT2D eigenvalue weighted by Gasteiger charge is 2.39. The van der Waals surface area contributed by atoms with Crippen molar-refractivity contribution < 1.29 is 9.13 Å². The second-order valence-corrected chi connectivity index (χ2v) is 5.67. The molecule has 0 spiro atoms. The van der Waals surface area contributed by atoms with Gasteiger partial charge in [0.25, 0.3) is 0 Å². The van der Waals surface area contributed by atoms with Gasteiger partial charge in [-0.15, -0.1) is 0 Å². The van der Waals surface area contributed by atoms with Gasteiger partial charge in [-0.25, -0.2) is 4.39 Å². The Hall–Kier alpha value is -0.610. The Balaban J connectivity index is 2.01. The molecule has 0 saturated heterocycles. The number of hydrogen-bond donors (Lipinski definition) is 1. The summed E-state index contributed by atoms with van der Waals surface area (Å²) in [5, 5.41) is 3.33. The van der Waals surface area contributed by atoms with Gasteiger partial charge in [-0.2, -0.15) is 0 Å². The average molecular weight is 316 g/mol. The Labute approximate surface area is 116 Å². The predicted octanol–water partition coefficient (Wildman–Crippen LogP) is 3.89. The van der Waals surface area contributed by atoms with Crippen LogP contribution in [0, 0.1) is 5.82 Å². The summed E-state index contributed by atoms with van der Waals surface area (Å²) in [7, 11) is 0. The summed E-state index contributed by atoms with van der Waals surface area (Å²) in [6, 6.07) is 4.59. The van der Waals surface area contributed by atoms with Crippen LogP contribution in [0.2, 0.25) is 0 Å². The van der Waals surface area contributed by atoms with Crippen molar-refractivity contribution in [3.63, 3.8) is 0 Å². The van der Waals surface area contributed by atoms with E-state index in [2.05, 4.69) is 28.2 Å². The van der Waals surface area contributed by atoms with Crippen molar-refractivity contribution in [1.29, 1.82) is 0 Å². The van der Waals surface area contributed by atoms with Gasteiger partial charge in [-0.3, -0.25) is 0 Å². The van der Waals surface area contributed by atoms with Gasteiger partial charge in [0, 0.05) is 0 Å². The Morgan fingerprint density at radius 3 is 2.78 bits per heavy atom. The molecule has 4 heteroatoms. The monoisotopic (exact) mass is 315 g/mol. The largest absolute Gasteiger partial charge is 0.486 e. The number of rotatable bonds is 6. The van der Waals surface area contributed by atoms with E-state index in [-0.39, 0.29) is 11.4 Å². The summed E-state index contributed by atoms with van der Waals surface area (Å²) >= 11 is 3.35. The molecule has 2 rings (SSSR count). The number of hydrogen-bond acceptors (Lipinski definition) is 2. The van der Waals surface area contributed by atoms with Gasteiger partial charge in [0.1, 0.15) is 17.2 Å². The highest BCUT2D eigenvalue weighted by molar-refractivity contribution is 9.10. The number of benzene rings is 1. The maximum Gasteiger partial charge on any atom is 0.134 e. The molecule has 1 aliphatic carbocycles. The van der Waals surface area contributed by atoms with Crippen LogP contribution in [0.4, 0.5) is 4.39 Å². The molecule has 0 aromatic heterocycles. The van der Waals surface area contributed by atoms with Crippen molar-refractivity contribution in [2.75, 3.05) is 13.1 Å². The summed E-state index contributed by atoms with van der Waals surface area (Å²) in [4.78, 5) is 0. The molecular formula is C14H19BrFNO. The molecular weight excluding hydrogens is 297 g/mol. The summed E-state index contributed by atoms with van der Waals surface area (Å²) in [6.45, 7) is 4.05. The molecule has 1 aromatic carbocycles. The molecule has 1 aromatic rings. The Morgan fingerprint density at radius 2 is 2.22 bits per heavy atom. The molecule has 1 fully saturated rings. The van der Waals surface area contributed by atoms with Crippen molar-refractivity contribution in [3.8, 4) is 5.75 Å². The first-order valence-corrected chi connectivity index (χ1v) is 7.29. The topological polar surface area (TPSA) is 21.3 Å². The minimum Gasteiger partial charge on any atom is -0.486 e. The number of nitrogens with one attached hydrogen (secondary N) is 1. The van der Waals surface area contributed by atoms with Crippen LogP contribution in [0.25, 0.3) is 0 Å². The molecule has 0 atom stereocenters. The van der Waals surface area contributed by atoms with Crippen LogP contribution in [0.5, 0.6) is 5.75 Å². The van der Waals surface area contributed by atoms with Crippen LogP contribution in [0.1, 0.15) is 32.6 Å². The maximum atomic E-state index is 13.0. The molecule has 0 heterocycles. The predicted molar refractivity (Wildman–Crippen MR) is 74.5 cm³/mol. The van der Waals surface area contributed by atoms with Gasteiger partial charge in [0.15, 0.2) is 0 Å². The molecule has 0 radical (unpaired) electrons. The normalized spacial score (nSPS) is 17.3. The molecule has 0 bridgehead atoms. The summed E-state index contributed by atoms with van der Waals surface area (Å²) < 4.78 is 19.8. The van der Waals surface area contributed by atoms with Gasteiger partial charge in [-0.05, 0) is 72.9 Å². The third kappa shape index (κ3) is 3.23. The Bertz CT molecular complexity index is 407. The Morgan fingerprint density at radius 1 is 1.44 bits per heavy atom. The summed E-state index contributed by atoms with van der Waals surface area (Å²) in [5.74, 6) is 0.497. The first-order chi connectivity index (χ1) is 8.65. The number of ether oxygens (including phenoxy) is 1. The fraction of sp³-hybridized carbons (Fsp3) is 0.571. The molecule has 2 nitrogen and oxygen atoms in total. The first-order valence-electron chi connectivity index (χ1n) is 6.50. The zero-order chi connectivity index (χ0) is 13.0. The van der Waals surface area contributed by atoms with Crippen LogP contribution in [-0.2, 0) is 0 Å².